The number of esters is 2. The lowest BCUT2D eigenvalue weighted by atomic mass is 10.1. The van der Waals surface area contributed by atoms with Gasteiger partial charge in [0.15, 0.2) is 0 Å². The number of rotatable bonds is 23. The second kappa shape index (κ2) is 23.5. The van der Waals surface area contributed by atoms with Gasteiger partial charge in [0.1, 0.15) is 0 Å². The zero-order valence-electron chi connectivity index (χ0n) is 22.9. The van der Waals surface area contributed by atoms with Crippen LogP contribution in [0.4, 0.5) is 0 Å². The number of carbonyl (C=O) groups is 4. The molecule has 0 saturated carbocycles. The molecule has 2 atom stereocenters. The van der Waals surface area contributed by atoms with Gasteiger partial charge in [0.25, 0.3) is 11.8 Å². The number of unbranched alkanes of at least 4 members (excludes halogenated alkanes) is 8. The van der Waals surface area contributed by atoms with Gasteiger partial charge in [-0.3, -0.25) is 19.2 Å². The van der Waals surface area contributed by atoms with Crippen molar-refractivity contribution in [2.45, 2.75) is 122 Å². The van der Waals surface area contributed by atoms with Crippen molar-refractivity contribution >= 4 is 34.0 Å². The van der Waals surface area contributed by atoms with Crippen LogP contribution in [0.2, 0.25) is 6.04 Å². The summed E-state index contributed by atoms with van der Waals surface area (Å²) < 4.78 is 10.9. The van der Waals surface area contributed by atoms with Crippen LogP contribution in [0.5, 0.6) is 0 Å². The van der Waals surface area contributed by atoms with E-state index in [4.69, 9.17) is 15.2 Å². The van der Waals surface area contributed by atoms with Crippen molar-refractivity contribution < 1.29 is 28.7 Å². The maximum Gasteiger partial charge on any atom is 0.306 e. The third-order valence-electron chi connectivity index (χ3n) is 5.73. The highest BCUT2D eigenvalue weighted by Gasteiger charge is 2.39. The summed E-state index contributed by atoms with van der Waals surface area (Å²) in [5, 5.41) is 5.34. The topological polar surface area (TPSA) is 137 Å². The second-order valence-electron chi connectivity index (χ2n) is 9.23. The molecule has 210 valence electrons. The van der Waals surface area contributed by atoms with E-state index < -0.39 is 36.0 Å². The van der Waals surface area contributed by atoms with Gasteiger partial charge in [-0.15, -0.1) is 0 Å². The maximum absolute atomic E-state index is 12.9. The van der Waals surface area contributed by atoms with Crippen molar-refractivity contribution in [3.63, 3.8) is 0 Å². The van der Waals surface area contributed by atoms with Crippen LogP contribution in [0.1, 0.15) is 104 Å². The molecule has 2 amide bonds. The van der Waals surface area contributed by atoms with Crippen LogP contribution in [0, 0.1) is 0 Å². The van der Waals surface area contributed by atoms with Gasteiger partial charge >= 0.3 is 11.9 Å². The van der Waals surface area contributed by atoms with Crippen LogP contribution in [-0.2, 0) is 28.7 Å². The van der Waals surface area contributed by atoms with Crippen molar-refractivity contribution in [1.29, 1.82) is 0 Å². The highest BCUT2D eigenvalue weighted by molar-refractivity contribution is 6.08. The van der Waals surface area contributed by atoms with E-state index in [1.54, 1.807) is 0 Å². The summed E-state index contributed by atoms with van der Waals surface area (Å²) in [5.41, 5.74) is 5.50. The first kappa shape index (κ1) is 34.1. The lowest BCUT2D eigenvalue weighted by molar-refractivity contribution is -0.176. The molecule has 0 saturated heterocycles. The highest BCUT2D eigenvalue weighted by Crippen LogP contribution is 2.14. The van der Waals surface area contributed by atoms with Crippen LogP contribution >= 0.6 is 0 Å². The lowest BCUT2D eigenvalue weighted by Crippen LogP contribution is -2.53. The van der Waals surface area contributed by atoms with Crippen LogP contribution in [0.25, 0.3) is 0 Å². The molecule has 0 heterocycles. The molecule has 0 aliphatic rings. The molecule has 0 fully saturated rings. The van der Waals surface area contributed by atoms with Gasteiger partial charge in [-0.2, -0.15) is 0 Å². The van der Waals surface area contributed by atoms with E-state index in [0.29, 0.717) is 45.3 Å². The van der Waals surface area contributed by atoms with E-state index in [2.05, 4.69) is 10.6 Å². The molecular weight excluding hydrogens is 478 g/mol. The van der Waals surface area contributed by atoms with Gasteiger partial charge < -0.3 is 25.8 Å². The van der Waals surface area contributed by atoms with Crippen LogP contribution in [0.3, 0.4) is 0 Å². The zero-order valence-corrected chi connectivity index (χ0v) is 24.9. The maximum atomic E-state index is 12.9. The number of hydrogen-bond acceptors (Lipinski definition) is 7. The number of nitrogens with one attached hydrogen (secondary N) is 2. The Morgan fingerprint density at radius 2 is 1.06 bits per heavy atom. The fourth-order valence-corrected chi connectivity index (χ4v) is 4.10. The Kier molecular flexibility index (Phi) is 22.2. The van der Waals surface area contributed by atoms with Gasteiger partial charge in [-0.1, -0.05) is 64.8 Å². The van der Waals surface area contributed by atoms with Gasteiger partial charge in [-0.25, -0.2) is 0 Å². The first-order valence-corrected chi connectivity index (χ1v) is 15.5. The van der Waals surface area contributed by atoms with E-state index in [-0.39, 0.29) is 12.8 Å². The fourth-order valence-electron chi connectivity index (χ4n) is 3.60. The summed E-state index contributed by atoms with van der Waals surface area (Å²) in [4.78, 5) is 50.9. The van der Waals surface area contributed by atoms with E-state index in [1.165, 1.54) is 22.7 Å². The smallest absolute Gasteiger partial charge is 0.306 e. The van der Waals surface area contributed by atoms with Crippen molar-refractivity contribution in [2.75, 3.05) is 19.6 Å². The summed E-state index contributed by atoms with van der Waals surface area (Å²) in [5.74, 6) is -2.43. The molecule has 0 radical (unpaired) electrons. The number of carbonyl (C=O) groups excluding carboxylic acids is 4. The summed E-state index contributed by atoms with van der Waals surface area (Å²) in [6.07, 6.45) is 7.92. The quantitative estimate of drug-likeness (QED) is 0.105. The van der Waals surface area contributed by atoms with Crippen molar-refractivity contribution in [1.82, 2.24) is 10.6 Å². The molecule has 0 aromatic rings. The average molecular weight is 530 g/mol. The standard InChI is InChI=1S/C26H51N3O6Si/c1-3-18-28-25(32)23(34-21(30)15-11-7-5-9-13-17-27)24(26(33)29-19-4-2)35-22(31)16-12-8-6-10-14-20-36/h23-24H,3-20,27H2,1-2,36H3,(H,28,32)(H,29,33)/t23-,24-/m1/s1. The van der Waals surface area contributed by atoms with Gasteiger partial charge in [0.2, 0.25) is 12.2 Å². The fraction of sp³-hybridized carbons (Fsp3) is 0.846. The van der Waals surface area contributed by atoms with Crippen molar-refractivity contribution in [3.05, 3.63) is 0 Å². The summed E-state index contributed by atoms with van der Waals surface area (Å²) in [6, 6.07) is 1.28. The zero-order chi connectivity index (χ0) is 27.0. The van der Waals surface area contributed by atoms with Crippen molar-refractivity contribution in [3.8, 4) is 0 Å². The van der Waals surface area contributed by atoms with Crippen LogP contribution in [0.15, 0.2) is 0 Å². The SMILES string of the molecule is CCCNC(=O)[C@H](OC(=O)CCCCCCCN)[C@@H](OC(=O)CCCCCCC[SiH3])C(=O)NCCC. The van der Waals surface area contributed by atoms with Crippen molar-refractivity contribution in [2.24, 2.45) is 5.73 Å². The lowest BCUT2D eigenvalue weighted by Gasteiger charge is -2.25. The Balaban J connectivity index is 5.22. The molecular formula is C26H51N3O6Si. The number of amides is 2. The summed E-state index contributed by atoms with van der Waals surface area (Å²) >= 11 is 0. The Bertz CT molecular complexity index is 568. The second-order valence-corrected chi connectivity index (χ2v) is 10.2. The molecule has 0 aromatic heterocycles. The normalized spacial score (nSPS) is 12.5. The Morgan fingerprint density at radius 1 is 0.667 bits per heavy atom. The molecule has 10 heteroatoms. The minimum Gasteiger partial charge on any atom is -0.448 e. The highest BCUT2D eigenvalue weighted by atomic mass is 28.1. The van der Waals surface area contributed by atoms with E-state index in [0.717, 1.165) is 44.9 Å². The summed E-state index contributed by atoms with van der Waals surface area (Å²) in [7, 11) is 1.21. The molecule has 0 aromatic carbocycles. The molecule has 0 aliphatic heterocycles. The molecule has 36 heavy (non-hydrogen) atoms. The Hall–Kier alpha value is -1.94. The summed E-state index contributed by atoms with van der Waals surface area (Å²) in [6.45, 7) is 5.14. The van der Waals surface area contributed by atoms with E-state index in [1.807, 2.05) is 13.8 Å². The minimum atomic E-state index is -1.53. The predicted molar refractivity (Wildman–Crippen MR) is 146 cm³/mol. The van der Waals surface area contributed by atoms with E-state index in [9.17, 15) is 19.2 Å². The van der Waals surface area contributed by atoms with Gasteiger partial charge in [0, 0.05) is 36.2 Å². The van der Waals surface area contributed by atoms with Crippen LogP contribution in [-0.4, -0.2) is 65.8 Å². The van der Waals surface area contributed by atoms with E-state index >= 15 is 0 Å². The molecule has 4 N–H and O–H groups in total. The third-order valence-corrected chi connectivity index (χ3v) is 6.43. The first-order chi connectivity index (χ1) is 17.4. The van der Waals surface area contributed by atoms with Crippen LogP contribution < -0.4 is 16.4 Å². The number of nitrogens with two attached hydrogens (primary N) is 1. The number of ether oxygens (including phenoxy) is 2. The van der Waals surface area contributed by atoms with Gasteiger partial charge in [0.05, 0.1) is 0 Å². The predicted octanol–water partition coefficient (Wildman–Crippen LogP) is 2.29. The minimum absolute atomic E-state index is 0.123. The molecule has 0 rings (SSSR count). The largest absolute Gasteiger partial charge is 0.448 e. The third kappa shape index (κ3) is 17.5. The Morgan fingerprint density at radius 3 is 1.44 bits per heavy atom. The Labute approximate surface area is 220 Å². The molecule has 0 spiro atoms. The molecule has 0 unspecified atom stereocenters. The average Bonchev–Trinajstić information content (AvgIpc) is 2.87. The molecule has 0 bridgehead atoms. The number of hydrogen-bond donors (Lipinski definition) is 3. The monoisotopic (exact) mass is 529 g/mol. The molecule has 9 nitrogen and oxygen atoms in total. The first-order valence-electron chi connectivity index (χ1n) is 14.1. The molecule has 0 aliphatic carbocycles. The van der Waals surface area contributed by atoms with Gasteiger partial charge in [-0.05, 0) is 38.6 Å².